The maximum Gasteiger partial charge on any atom is 0.513 e. The van der Waals surface area contributed by atoms with Gasteiger partial charge in [-0.05, 0) is 43.4 Å². The minimum absolute atomic E-state index is 0.151. The van der Waals surface area contributed by atoms with Crippen molar-refractivity contribution < 1.29 is 23.8 Å². The van der Waals surface area contributed by atoms with E-state index in [4.69, 9.17) is 14.2 Å². The van der Waals surface area contributed by atoms with E-state index < -0.39 is 12.2 Å². The van der Waals surface area contributed by atoms with Crippen molar-refractivity contribution in [3.05, 3.63) is 23.3 Å². The number of amides is 1. The Morgan fingerprint density at radius 3 is 2.30 bits per heavy atom. The summed E-state index contributed by atoms with van der Waals surface area (Å²) in [5, 5.41) is 2.54. The van der Waals surface area contributed by atoms with E-state index in [1.165, 1.54) is 0 Å². The summed E-state index contributed by atoms with van der Waals surface area (Å²) >= 11 is 0. The average molecular weight is 323 g/mol. The molecule has 1 aromatic carbocycles. The molecule has 1 rings (SSSR count). The summed E-state index contributed by atoms with van der Waals surface area (Å²) in [7, 11) is 0. The van der Waals surface area contributed by atoms with Gasteiger partial charge in [0.15, 0.2) is 11.5 Å². The van der Waals surface area contributed by atoms with Crippen molar-refractivity contribution in [3.8, 4) is 11.5 Å². The van der Waals surface area contributed by atoms with Crippen LogP contribution in [0.3, 0.4) is 0 Å². The number of carbonyl (C=O) groups excluding carboxylic acids is 2. The van der Waals surface area contributed by atoms with Crippen LogP contribution >= 0.6 is 0 Å². The summed E-state index contributed by atoms with van der Waals surface area (Å²) in [6, 6.07) is 3.60. The Kier molecular flexibility index (Phi) is 6.42. The summed E-state index contributed by atoms with van der Waals surface area (Å²) in [4.78, 5) is 23.4. The third kappa shape index (κ3) is 5.47. The lowest BCUT2D eigenvalue weighted by molar-refractivity contribution is 0.103. The Labute approximate surface area is 137 Å². The van der Waals surface area contributed by atoms with E-state index in [0.29, 0.717) is 12.1 Å². The van der Waals surface area contributed by atoms with Crippen molar-refractivity contribution in [2.24, 2.45) is 0 Å². The van der Waals surface area contributed by atoms with E-state index in [9.17, 15) is 9.59 Å². The van der Waals surface area contributed by atoms with Gasteiger partial charge in [-0.25, -0.2) is 9.59 Å². The highest BCUT2D eigenvalue weighted by molar-refractivity contribution is 5.74. The van der Waals surface area contributed by atoms with Gasteiger partial charge in [0.05, 0.1) is 6.61 Å². The van der Waals surface area contributed by atoms with E-state index in [-0.39, 0.29) is 23.5 Å². The smallest absolute Gasteiger partial charge is 0.434 e. The highest BCUT2D eigenvalue weighted by Gasteiger charge is 2.22. The fourth-order valence-corrected chi connectivity index (χ4v) is 1.89. The molecule has 0 bridgehead atoms. The molecule has 0 unspecified atom stereocenters. The van der Waals surface area contributed by atoms with Crippen LogP contribution in [0.5, 0.6) is 11.5 Å². The summed E-state index contributed by atoms with van der Waals surface area (Å²) < 4.78 is 15.3. The van der Waals surface area contributed by atoms with E-state index in [0.717, 1.165) is 5.56 Å². The molecule has 128 valence electrons. The first-order valence-corrected chi connectivity index (χ1v) is 7.64. The van der Waals surface area contributed by atoms with E-state index in [1.54, 1.807) is 26.8 Å². The van der Waals surface area contributed by atoms with Crippen molar-refractivity contribution >= 4 is 12.2 Å². The molecule has 0 aromatic heterocycles. The molecule has 0 aliphatic rings. The van der Waals surface area contributed by atoms with E-state index in [2.05, 4.69) is 5.32 Å². The molecule has 0 radical (unpaired) electrons. The first kappa shape index (κ1) is 18.8. The van der Waals surface area contributed by atoms with Crippen molar-refractivity contribution in [2.45, 2.75) is 47.0 Å². The Morgan fingerprint density at radius 2 is 1.78 bits per heavy atom. The Balaban J connectivity index is 3.24. The monoisotopic (exact) mass is 323 g/mol. The predicted octanol–water partition coefficient (Wildman–Crippen LogP) is 3.94. The molecule has 0 aliphatic heterocycles. The van der Waals surface area contributed by atoms with Crippen LogP contribution < -0.4 is 14.8 Å². The van der Waals surface area contributed by atoms with Crippen molar-refractivity contribution in [1.82, 2.24) is 5.32 Å². The number of hydrogen-bond acceptors (Lipinski definition) is 5. The van der Waals surface area contributed by atoms with Crippen LogP contribution in [0, 0.1) is 6.92 Å². The molecule has 1 N–H and O–H groups in total. The van der Waals surface area contributed by atoms with Crippen LogP contribution in [0.25, 0.3) is 0 Å². The fourth-order valence-electron chi connectivity index (χ4n) is 1.89. The first-order chi connectivity index (χ1) is 10.7. The molecule has 0 atom stereocenters. The van der Waals surface area contributed by atoms with Gasteiger partial charge >= 0.3 is 12.2 Å². The summed E-state index contributed by atoms with van der Waals surface area (Å²) in [5.41, 5.74) is 1.50. The zero-order valence-electron chi connectivity index (χ0n) is 14.6. The van der Waals surface area contributed by atoms with Gasteiger partial charge in [0.25, 0.3) is 0 Å². The fraction of sp³-hybridized carbons (Fsp3) is 0.529. The molecule has 6 heteroatoms. The number of aryl methyl sites for hydroxylation is 1. The lowest BCUT2D eigenvalue weighted by Gasteiger charge is -2.22. The van der Waals surface area contributed by atoms with Crippen molar-refractivity contribution in [1.29, 1.82) is 0 Å². The van der Waals surface area contributed by atoms with Gasteiger partial charge < -0.3 is 19.5 Å². The number of carbonyl (C=O) groups is 2. The maximum absolute atomic E-state index is 11.7. The van der Waals surface area contributed by atoms with Crippen molar-refractivity contribution in [3.63, 3.8) is 0 Å². The Hall–Kier alpha value is -2.24. The SMILES string of the molecule is CCNC(=O)Oc1c(C)cc(C(C)(C)C)cc1OC(=O)OCC. The quantitative estimate of drug-likeness (QED) is 0.671. The van der Waals surface area contributed by atoms with Gasteiger partial charge in [0.2, 0.25) is 0 Å². The molecule has 0 fully saturated rings. The van der Waals surface area contributed by atoms with Gasteiger partial charge in [-0.2, -0.15) is 0 Å². The zero-order valence-corrected chi connectivity index (χ0v) is 14.6. The van der Waals surface area contributed by atoms with Crippen LogP contribution in [-0.4, -0.2) is 25.4 Å². The van der Waals surface area contributed by atoms with Crippen molar-refractivity contribution in [2.75, 3.05) is 13.2 Å². The number of rotatable bonds is 4. The lowest BCUT2D eigenvalue weighted by Crippen LogP contribution is -2.27. The molecule has 0 spiro atoms. The third-order valence-electron chi connectivity index (χ3n) is 3.08. The summed E-state index contributed by atoms with van der Waals surface area (Å²) in [6.45, 7) is 12.0. The first-order valence-electron chi connectivity index (χ1n) is 7.64. The number of ether oxygens (including phenoxy) is 3. The number of nitrogens with one attached hydrogen (secondary N) is 1. The van der Waals surface area contributed by atoms with Crippen LogP contribution in [0.2, 0.25) is 0 Å². The molecule has 0 heterocycles. The van der Waals surface area contributed by atoms with E-state index in [1.807, 2.05) is 26.8 Å². The van der Waals surface area contributed by atoms with Crippen LogP contribution in [0.15, 0.2) is 12.1 Å². The largest absolute Gasteiger partial charge is 0.513 e. The highest BCUT2D eigenvalue weighted by atomic mass is 16.7. The highest BCUT2D eigenvalue weighted by Crippen LogP contribution is 2.37. The second kappa shape index (κ2) is 7.85. The second-order valence-corrected chi connectivity index (χ2v) is 6.08. The standard InChI is InChI=1S/C17H25NO5/c1-7-18-15(19)23-14-11(3)9-12(17(4,5)6)10-13(14)22-16(20)21-8-2/h9-10H,7-8H2,1-6H3,(H,18,19). The maximum atomic E-state index is 11.7. The topological polar surface area (TPSA) is 73.9 Å². The molecular formula is C17H25NO5. The number of benzene rings is 1. The average Bonchev–Trinajstić information content (AvgIpc) is 2.41. The summed E-state index contributed by atoms with van der Waals surface area (Å²) in [5.74, 6) is 0.372. The van der Waals surface area contributed by atoms with Crippen LogP contribution in [0.1, 0.15) is 45.7 Å². The van der Waals surface area contributed by atoms with Crippen LogP contribution in [-0.2, 0) is 10.2 Å². The molecule has 0 saturated carbocycles. The minimum atomic E-state index is -0.835. The summed E-state index contributed by atoms with van der Waals surface area (Å²) in [6.07, 6.45) is -1.44. The second-order valence-electron chi connectivity index (χ2n) is 6.08. The molecule has 0 aliphatic carbocycles. The van der Waals surface area contributed by atoms with Gasteiger partial charge in [-0.15, -0.1) is 0 Å². The minimum Gasteiger partial charge on any atom is -0.434 e. The van der Waals surface area contributed by atoms with Gasteiger partial charge in [-0.1, -0.05) is 26.8 Å². The Bertz CT molecular complexity index is 575. The van der Waals surface area contributed by atoms with E-state index >= 15 is 0 Å². The Morgan fingerprint density at radius 1 is 1.13 bits per heavy atom. The van der Waals surface area contributed by atoms with Crippen LogP contribution in [0.4, 0.5) is 9.59 Å². The molecule has 1 amide bonds. The lowest BCUT2D eigenvalue weighted by atomic mass is 9.86. The predicted molar refractivity (Wildman–Crippen MR) is 87.2 cm³/mol. The molecule has 6 nitrogen and oxygen atoms in total. The zero-order chi connectivity index (χ0) is 17.6. The third-order valence-corrected chi connectivity index (χ3v) is 3.08. The van der Waals surface area contributed by atoms with Gasteiger partial charge in [-0.3, -0.25) is 0 Å². The molecule has 0 saturated heterocycles. The van der Waals surface area contributed by atoms with Gasteiger partial charge in [0.1, 0.15) is 0 Å². The molecule has 23 heavy (non-hydrogen) atoms. The molecule has 1 aromatic rings. The number of hydrogen-bond donors (Lipinski definition) is 1. The van der Waals surface area contributed by atoms with Gasteiger partial charge in [0, 0.05) is 6.54 Å². The molecular weight excluding hydrogens is 298 g/mol. The normalized spacial score (nSPS) is 10.9.